The van der Waals surface area contributed by atoms with Crippen molar-refractivity contribution in [1.29, 1.82) is 0 Å². The number of piperazine rings is 1. The average molecular weight is 448 g/mol. The average Bonchev–Trinajstić information content (AvgIpc) is 3.55. The van der Waals surface area contributed by atoms with Crippen LogP contribution in [0.3, 0.4) is 0 Å². The molecule has 0 N–H and O–H groups in total. The molecule has 1 unspecified atom stereocenters. The van der Waals surface area contributed by atoms with Crippen LogP contribution in [-0.2, 0) is 12.8 Å². The van der Waals surface area contributed by atoms with Gasteiger partial charge in [0.2, 0.25) is 5.89 Å². The van der Waals surface area contributed by atoms with E-state index < -0.39 is 0 Å². The highest BCUT2D eigenvalue weighted by Crippen LogP contribution is 2.41. The van der Waals surface area contributed by atoms with E-state index in [0.29, 0.717) is 11.7 Å². The lowest BCUT2D eigenvalue weighted by molar-refractivity contribution is 0.164. The summed E-state index contributed by atoms with van der Waals surface area (Å²) in [7, 11) is 0. The van der Waals surface area contributed by atoms with Crippen LogP contribution < -0.4 is 4.90 Å². The number of aryl methyl sites for hydroxylation is 3. The molecule has 0 bridgehead atoms. The summed E-state index contributed by atoms with van der Waals surface area (Å²) in [5.74, 6) is 3.21. The summed E-state index contributed by atoms with van der Waals surface area (Å²) in [5.41, 5.74) is 2.43. The van der Waals surface area contributed by atoms with Gasteiger partial charge in [-0.05, 0) is 50.8 Å². The third kappa shape index (κ3) is 3.36. The lowest BCUT2D eigenvalue weighted by Gasteiger charge is -2.37. The number of thiophene rings is 1. The van der Waals surface area contributed by atoms with E-state index in [1.165, 1.54) is 22.2 Å². The Hall–Kier alpha value is -2.91. The Balaban J connectivity index is 1.33. The van der Waals surface area contributed by atoms with Crippen molar-refractivity contribution in [1.82, 2.24) is 30.0 Å². The molecule has 1 fully saturated rings. The molecule has 5 heterocycles. The quantitative estimate of drug-likeness (QED) is 0.467. The van der Waals surface area contributed by atoms with Gasteiger partial charge in [-0.3, -0.25) is 9.88 Å². The number of nitrogens with zero attached hydrogens (tertiary/aromatic N) is 7. The van der Waals surface area contributed by atoms with Crippen LogP contribution in [0.4, 0.5) is 5.82 Å². The topological polar surface area (TPSA) is 84.1 Å². The third-order valence-electron chi connectivity index (χ3n) is 6.53. The van der Waals surface area contributed by atoms with Crippen LogP contribution in [0.25, 0.3) is 21.6 Å². The van der Waals surface area contributed by atoms with Gasteiger partial charge in [-0.25, -0.2) is 9.97 Å². The van der Waals surface area contributed by atoms with Gasteiger partial charge in [0.25, 0.3) is 0 Å². The molecule has 1 aliphatic heterocycles. The molecule has 6 rings (SSSR count). The predicted molar refractivity (Wildman–Crippen MR) is 124 cm³/mol. The fourth-order valence-corrected chi connectivity index (χ4v) is 6.05. The van der Waals surface area contributed by atoms with Gasteiger partial charge in [0.1, 0.15) is 10.6 Å². The maximum absolute atomic E-state index is 5.41. The number of hydrogen-bond acceptors (Lipinski definition) is 9. The number of fused-ring (bicyclic) bond motifs is 3. The summed E-state index contributed by atoms with van der Waals surface area (Å²) < 4.78 is 5.41. The molecular weight excluding hydrogens is 422 g/mol. The van der Waals surface area contributed by atoms with E-state index in [4.69, 9.17) is 14.5 Å². The van der Waals surface area contributed by atoms with E-state index in [9.17, 15) is 0 Å². The van der Waals surface area contributed by atoms with Crippen molar-refractivity contribution in [3.05, 3.63) is 46.7 Å². The van der Waals surface area contributed by atoms with Gasteiger partial charge in [0.05, 0.1) is 11.4 Å². The van der Waals surface area contributed by atoms with Gasteiger partial charge in [-0.15, -0.1) is 11.3 Å². The van der Waals surface area contributed by atoms with Gasteiger partial charge in [0, 0.05) is 49.0 Å². The number of rotatable bonds is 4. The molecule has 32 heavy (non-hydrogen) atoms. The molecule has 1 saturated heterocycles. The van der Waals surface area contributed by atoms with E-state index in [1.54, 1.807) is 6.20 Å². The van der Waals surface area contributed by atoms with Crippen molar-refractivity contribution in [2.45, 2.75) is 39.2 Å². The van der Waals surface area contributed by atoms with E-state index >= 15 is 0 Å². The zero-order valence-corrected chi connectivity index (χ0v) is 19.1. The van der Waals surface area contributed by atoms with Crippen LogP contribution in [0.15, 0.2) is 29.0 Å². The Morgan fingerprint density at radius 2 is 1.97 bits per heavy atom. The Morgan fingerprint density at radius 3 is 2.72 bits per heavy atom. The Bertz CT molecular complexity index is 1260. The first kappa shape index (κ1) is 19.8. The van der Waals surface area contributed by atoms with Crippen LogP contribution in [0, 0.1) is 6.92 Å². The van der Waals surface area contributed by atoms with Crippen LogP contribution in [0.5, 0.6) is 0 Å². The minimum absolute atomic E-state index is 0.111. The lowest BCUT2D eigenvalue weighted by Crippen LogP contribution is -2.47. The van der Waals surface area contributed by atoms with E-state index in [2.05, 4.69) is 31.8 Å². The van der Waals surface area contributed by atoms with Crippen molar-refractivity contribution in [3.8, 4) is 11.4 Å². The van der Waals surface area contributed by atoms with Crippen molar-refractivity contribution >= 4 is 27.4 Å². The maximum atomic E-state index is 5.41. The standard InChI is InChI=1S/C23H25N7OS/c1-14(22-25-15(2)28-31-22)29-9-11-30(12-10-29)21-19-17-6-3-7-18(17)32-23(19)27-20(26-21)16-5-4-8-24-13-16/h4-5,8,13-14H,3,6-7,9-12H2,1-2H3. The SMILES string of the molecule is Cc1noc(C(C)N2CCN(c3nc(-c4cccnc4)nc4sc5c(c34)CCC5)CC2)n1. The maximum Gasteiger partial charge on any atom is 0.243 e. The van der Waals surface area contributed by atoms with Crippen molar-refractivity contribution in [2.24, 2.45) is 0 Å². The molecule has 0 spiro atoms. The first-order valence-corrected chi connectivity index (χ1v) is 12.0. The molecule has 0 radical (unpaired) electrons. The summed E-state index contributed by atoms with van der Waals surface area (Å²) in [5, 5.41) is 5.22. The molecule has 1 atom stereocenters. The number of hydrogen-bond donors (Lipinski definition) is 0. The Morgan fingerprint density at radius 1 is 1.09 bits per heavy atom. The second kappa shape index (κ2) is 7.90. The molecule has 0 saturated carbocycles. The number of anilines is 1. The summed E-state index contributed by atoms with van der Waals surface area (Å²) in [6, 6.07) is 4.09. The minimum Gasteiger partial charge on any atom is -0.353 e. The highest BCUT2D eigenvalue weighted by molar-refractivity contribution is 7.19. The largest absolute Gasteiger partial charge is 0.353 e. The van der Waals surface area contributed by atoms with Gasteiger partial charge in [-0.1, -0.05) is 5.16 Å². The zero-order valence-electron chi connectivity index (χ0n) is 18.3. The fourth-order valence-electron chi connectivity index (χ4n) is 4.79. The summed E-state index contributed by atoms with van der Waals surface area (Å²) in [6.45, 7) is 7.64. The second-order valence-electron chi connectivity index (χ2n) is 8.53. The van der Waals surface area contributed by atoms with Crippen LogP contribution in [0.2, 0.25) is 0 Å². The van der Waals surface area contributed by atoms with E-state index in [0.717, 1.165) is 61.1 Å². The first-order valence-electron chi connectivity index (χ1n) is 11.2. The first-order chi connectivity index (χ1) is 15.7. The fraction of sp³-hybridized carbons (Fsp3) is 0.435. The third-order valence-corrected chi connectivity index (χ3v) is 7.71. The zero-order chi connectivity index (χ0) is 21.7. The molecule has 4 aromatic rings. The molecule has 1 aliphatic carbocycles. The number of pyridine rings is 1. The highest BCUT2D eigenvalue weighted by atomic mass is 32.1. The molecule has 0 amide bonds. The van der Waals surface area contributed by atoms with Crippen molar-refractivity contribution < 1.29 is 4.52 Å². The molecule has 2 aliphatic rings. The molecule has 0 aromatic carbocycles. The Labute approximate surface area is 190 Å². The van der Waals surface area contributed by atoms with Gasteiger partial charge >= 0.3 is 0 Å². The number of aromatic nitrogens is 5. The summed E-state index contributed by atoms with van der Waals surface area (Å²) >= 11 is 1.84. The summed E-state index contributed by atoms with van der Waals surface area (Å²) in [6.07, 6.45) is 7.15. The Kier molecular flexibility index (Phi) is 4.87. The van der Waals surface area contributed by atoms with Gasteiger partial charge in [-0.2, -0.15) is 4.98 Å². The molecular formula is C23H25N7OS. The monoisotopic (exact) mass is 447 g/mol. The smallest absolute Gasteiger partial charge is 0.243 e. The normalized spacial score (nSPS) is 17.8. The van der Waals surface area contributed by atoms with Crippen LogP contribution in [0.1, 0.15) is 41.5 Å². The molecule has 164 valence electrons. The van der Waals surface area contributed by atoms with Gasteiger partial charge < -0.3 is 9.42 Å². The van der Waals surface area contributed by atoms with E-state index in [1.807, 2.05) is 36.6 Å². The predicted octanol–water partition coefficient (Wildman–Crippen LogP) is 3.82. The van der Waals surface area contributed by atoms with Crippen LogP contribution >= 0.6 is 11.3 Å². The van der Waals surface area contributed by atoms with Crippen molar-refractivity contribution in [2.75, 3.05) is 31.1 Å². The van der Waals surface area contributed by atoms with E-state index in [-0.39, 0.29) is 6.04 Å². The molecule has 4 aromatic heterocycles. The lowest BCUT2D eigenvalue weighted by atomic mass is 10.1. The second-order valence-corrected chi connectivity index (χ2v) is 9.61. The molecule has 9 heteroatoms. The van der Waals surface area contributed by atoms with Gasteiger partial charge in [0.15, 0.2) is 11.6 Å². The molecule has 8 nitrogen and oxygen atoms in total. The van der Waals surface area contributed by atoms with Crippen molar-refractivity contribution in [3.63, 3.8) is 0 Å². The van der Waals surface area contributed by atoms with Crippen LogP contribution in [-0.4, -0.2) is 56.2 Å². The summed E-state index contributed by atoms with van der Waals surface area (Å²) in [4.78, 5) is 26.2. The minimum atomic E-state index is 0.111. The highest BCUT2D eigenvalue weighted by Gasteiger charge is 2.29.